The number of ketones is 1. The first-order valence-corrected chi connectivity index (χ1v) is 6.23. The summed E-state index contributed by atoms with van der Waals surface area (Å²) in [5.41, 5.74) is 0.733. The van der Waals surface area contributed by atoms with Crippen molar-refractivity contribution in [2.24, 2.45) is 0 Å². The molecule has 1 aromatic carbocycles. The second kappa shape index (κ2) is 5.23. The average Bonchev–Trinajstić information content (AvgIpc) is 2.39. The number of pyridine rings is 1. The minimum Gasteiger partial charge on any atom is -0.287 e. The van der Waals surface area contributed by atoms with Crippen molar-refractivity contribution in [1.82, 2.24) is 0 Å². The second-order valence-corrected chi connectivity index (χ2v) is 4.79. The van der Waals surface area contributed by atoms with Crippen LogP contribution in [-0.2, 0) is 0 Å². The van der Waals surface area contributed by atoms with E-state index in [1.54, 1.807) is 0 Å². The van der Waals surface area contributed by atoms with Crippen molar-refractivity contribution in [3.8, 4) is 0 Å². The number of carbonyl (C=O) groups is 1. The number of rotatable bonds is 3. The number of benzene rings is 1. The summed E-state index contributed by atoms with van der Waals surface area (Å²) in [6, 6.07) is 13.0. The molecule has 0 bridgehead atoms. The zero-order chi connectivity index (χ0) is 12.3. The molecule has 0 spiro atoms. The molecular weight excluding hydrogens is 278 g/mol. The summed E-state index contributed by atoms with van der Waals surface area (Å²) in [6.07, 6.45) is 3.81. The van der Waals surface area contributed by atoms with Crippen LogP contribution in [0.15, 0.2) is 59.3 Å². The maximum Gasteiger partial charge on any atom is 0.230 e. The van der Waals surface area contributed by atoms with E-state index in [2.05, 4.69) is 15.9 Å². The van der Waals surface area contributed by atoms with Gasteiger partial charge < -0.3 is 0 Å². The van der Waals surface area contributed by atoms with Crippen LogP contribution in [0.25, 0.3) is 0 Å². The molecule has 0 fully saturated rings. The monoisotopic (exact) mass is 290 g/mol. The van der Waals surface area contributed by atoms with E-state index in [-0.39, 0.29) is 11.8 Å². The number of halogens is 1. The first kappa shape index (κ1) is 12.0. The molecule has 0 saturated heterocycles. The van der Waals surface area contributed by atoms with Gasteiger partial charge in [0, 0.05) is 29.1 Å². The highest BCUT2D eigenvalue weighted by Crippen LogP contribution is 2.13. The lowest BCUT2D eigenvalue weighted by Gasteiger charge is -2.06. The highest BCUT2D eigenvalue weighted by atomic mass is 79.9. The first-order chi connectivity index (χ1) is 8.18. The zero-order valence-electron chi connectivity index (χ0n) is 9.51. The van der Waals surface area contributed by atoms with E-state index in [0.29, 0.717) is 0 Å². The van der Waals surface area contributed by atoms with Crippen molar-refractivity contribution >= 4 is 21.7 Å². The van der Waals surface area contributed by atoms with E-state index >= 15 is 0 Å². The maximum absolute atomic E-state index is 12.2. The molecule has 2 nitrogen and oxygen atoms in total. The van der Waals surface area contributed by atoms with Crippen LogP contribution in [-0.4, -0.2) is 5.78 Å². The molecule has 0 saturated carbocycles. The molecule has 0 N–H and O–H groups in total. The number of carbonyl (C=O) groups excluding carboxylic acids is 1. The van der Waals surface area contributed by atoms with Gasteiger partial charge >= 0.3 is 0 Å². The summed E-state index contributed by atoms with van der Waals surface area (Å²) in [4.78, 5) is 12.2. The Labute approximate surface area is 109 Å². The number of aromatic nitrogens is 1. The van der Waals surface area contributed by atoms with Crippen molar-refractivity contribution in [2.45, 2.75) is 13.0 Å². The lowest BCUT2D eigenvalue weighted by atomic mass is 10.1. The molecule has 0 amide bonds. The van der Waals surface area contributed by atoms with E-state index in [4.69, 9.17) is 0 Å². The molecule has 17 heavy (non-hydrogen) atoms. The minimum atomic E-state index is -0.183. The smallest absolute Gasteiger partial charge is 0.230 e. The fourth-order valence-electron chi connectivity index (χ4n) is 1.66. The molecule has 2 aromatic rings. The summed E-state index contributed by atoms with van der Waals surface area (Å²) in [6.45, 7) is 1.91. The largest absolute Gasteiger partial charge is 0.287 e. The Kier molecular flexibility index (Phi) is 3.69. The Balaban J connectivity index is 2.23. The normalized spacial score (nSPS) is 12.1. The highest BCUT2D eigenvalue weighted by Gasteiger charge is 2.22. The van der Waals surface area contributed by atoms with Crippen LogP contribution < -0.4 is 4.57 Å². The summed E-state index contributed by atoms with van der Waals surface area (Å²) in [5, 5.41) is 0. The third kappa shape index (κ3) is 2.80. The predicted octanol–water partition coefficient (Wildman–Crippen LogP) is 3.18. The van der Waals surface area contributed by atoms with Gasteiger partial charge in [0.2, 0.25) is 11.8 Å². The van der Waals surface area contributed by atoms with E-state index in [9.17, 15) is 4.79 Å². The Hall–Kier alpha value is -1.48. The zero-order valence-corrected chi connectivity index (χ0v) is 11.1. The fourth-order valence-corrected chi connectivity index (χ4v) is 1.93. The van der Waals surface area contributed by atoms with Crippen molar-refractivity contribution < 1.29 is 9.36 Å². The highest BCUT2D eigenvalue weighted by molar-refractivity contribution is 9.10. The number of Topliss-reactive ketones (excluding diaryl/α,β-unsaturated/α-hetero) is 1. The number of hydrogen-bond acceptors (Lipinski definition) is 1. The standard InChI is InChI=1S/C14H13BrNO/c1-11(16-9-3-2-4-10-16)14(17)12-5-7-13(15)8-6-12/h2-11H,1H3/q+1/t11-/m0/s1. The van der Waals surface area contributed by atoms with E-state index in [0.717, 1.165) is 10.0 Å². The van der Waals surface area contributed by atoms with Crippen molar-refractivity contribution in [3.05, 3.63) is 64.9 Å². The summed E-state index contributed by atoms with van der Waals surface area (Å²) >= 11 is 3.36. The topological polar surface area (TPSA) is 20.9 Å². The molecule has 0 aliphatic carbocycles. The van der Waals surface area contributed by atoms with E-state index in [1.165, 1.54) is 0 Å². The third-order valence-corrected chi connectivity index (χ3v) is 3.22. The van der Waals surface area contributed by atoms with E-state index < -0.39 is 0 Å². The van der Waals surface area contributed by atoms with Gasteiger partial charge in [-0.05, 0) is 12.1 Å². The van der Waals surface area contributed by atoms with Gasteiger partial charge in [-0.15, -0.1) is 0 Å². The van der Waals surface area contributed by atoms with Crippen LogP contribution in [0.2, 0.25) is 0 Å². The van der Waals surface area contributed by atoms with Gasteiger partial charge in [-0.2, -0.15) is 4.57 Å². The van der Waals surface area contributed by atoms with Crippen LogP contribution in [0.4, 0.5) is 0 Å². The molecule has 1 aromatic heterocycles. The van der Waals surface area contributed by atoms with Gasteiger partial charge in [0.15, 0.2) is 12.4 Å². The molecule has 0 aliphatic heterocycles. The van der Waals surface area contributed by atoms with Crippen molar-refractivity contribution in [1.29, 1.82) is 0 Å². The minimum absolute atomic E-state index is 0.119. The first-order valence-electron chi connectivity index (χ1n) is 5.44. The van der Waals surface area contributed by atoms with Crippen LogP contribution in [0.5, 0.6) is 0 Å². The van der Waals surface area contributed by atoms with Crippen LogP contribution in [0, 0.1) is 0 Å². The molecule has 0 aliphatic rings. The SMILES string of the molecule is C[C@@H](C(=O)c1ccc(Br)cc1)[n+]1ccccc1. The van der Waals surface area contributed by atoms with Gasteiger partial charge in [0.1, 0.15) is 0 Å². The number of hydrogen-bond donors (Lipinski definition) is 0. The van der Waals surface area contributed by atoms with Gasteiger partial charge in [-0.25, -0.2) is 0 Å². The van der Waals surface area contributed by atoms with E-state index in [1.807, 2.05) is 66.3 Å². The van der Waals surface area contributed by atoms with Crippen LogP contribution in [0.3, 0.4) is 0 Å². The van der Waals surface area contributed by atoms with Gasteiger partial charge in [0.05, 0.1) is 0 Å². The fraction of sp³-hybridized carbons (Fsp3) is 0.143. The van der Waals surface area contributed by atoms with Gasteiger partial charge in [0.25, 0.3) is 0 Å². The molecular formula is C14H13BrNO+. The van der Waals surface area contributed by atoms with Crippen molar-refractivity contribution in [2.75, 3.05) is 0 Å². The van der Waals surface area contributed by atoms with Crippen molar-refractivity contribution in [3.63, 3.8) is 0 Å². The Morgan fingerprint density at radius 3 is 2.29 bits per heavy atom. The molecule has 1 atom stereocenters. The average molecular weight is 291 g/mol. The predicted molar refractivity (Wildman–Crippen MR) is 69.8 cm³/mol. The molecule has 0 radical (unpaired) electrons. The van der Waals surface area contributed by atoms with Crippen LogP contribution in [0.1, 0.15) is 23.3 Å². The lowest BCUT2D eigenvalue weighted by Crippen LogP contribution is -2.41. The molecule has 1 heterocycles. The molecule has 2 rings (SSSR count). The molecule has 86 valence electrons. The number of nitrogens with zero attached hydrogens (tertiary/aromatic N) is 1. The summed E-state index contributed by atoms with van der Waals surface area (Å²) in [5.74, 6) is 0.119. The second-order valence-electron chi connectivity index (χ2n) is 3.87. The maximum atomic E-state index is 12.2. The van der Waals surface area contributed by atoms with Gasteiger partial charge in [-0.3, -0.25) is 4.79 Å². The summed E-state index contributed by atoms with van der Waals surface area (Å²) < 4.78 is 2.89. The Bertz CT molecular complexity index is 508. The molecule has 0 unspecified atom stereocenters. The Morgan fingerprint density at radius 1 is 1.12 bits per heavy atom. The Morgan fingerprint density at radius 2 is 1.71 bits per heavy atom. The lowest BCUT2D eigenvalue weighted by molar-refractivity contribution is -0.704. The van der Waals surface area contributed by atoms with Crippen LogP contribution >= 0.6 is 15.9 Å². The molecule has 3 heteroatoms. The quantitative estimate of drug-likeness (QED) is 0.628. The third-order valence-electron chi connectivity index (χ3n) is 2.69. The van der Waals surface area contributed by atoms with Gasteiger partial charge in [-0.1, -0.05) is 34.1 Å². The summed E-state index contributed by atoms with van der Waals surface area (Å²) in [7, 11) is 0.